The third-order valence-corrected chi connectivity index (χ3v) is 4.07. The van der Waals surface area contributed by atoms with E-state index in [0.29, 0.717) is 6.04 Å². The predicted octanol–water partition coefficient (Wildman–Crippen LogP) is 3.91. The maximum atomic E-state index is 5.99. The van der Waals surface area contributed by atoms with E-state index < -0.39 is 0 Å². The molecule has 0 radical (unpaired) electrons. The number of nitrogens with zero attached hydrogens (tertiary/aromatic N) is 1. The van der Waals surface area contributed by atoms with Crippen molar-refractivity contribution in [3.8, 4) is 0 Å². The first kappa shape index (κ1) is 13.3. The van der Waals surface area contributed by atoms with Gasteiger partial charge in [0.1, 0.15) is 0 Å². The lowest BCUT2D eigenvalue weighted by Crippen LogP contribution is -2.35. The fraction of sp³-hybridized carbons (Fsp3) is 1.00. The molecule has 0 aliphatic carbocycles. The number of halogens is 1. The molecule has 1 rings (SSSR count). The lowest BCUT2D eigenvalue weighted by molar-refractivity contribution is 0.215. The van der Waals surface area contributed by atoms with Crippen LogP contribution in [-0.4, -0.2) is 29.9 Å². The van der Waals surface area contributed by atoms with Crippen LogP contribution in [0.1, 0.15) is 52.4 Å². The van der Waals surface area contributed by atoms with Crippen molar-refractivity contribution in [2.24, 2.45) is 5.92 Å². The molecule has 0 spiro atoms. The molecule has 2 heteroatoms. The molecule has 90 valence electrons. The van der Waals surface area contributed by atoms with E-state index in [1.165, 1.54) is 51.6 Å². The normalized spacial score (nSPS) is 24.6. The summed E-state index contributed by atoms with van der Waals surface area (Å²) in [6.07, 6.45) is 8.10. The Morgan fingerprint density at radius 1 is 1.40 bits per heavy atom. The highest BCUT2D eigenvalue weighted by molar-refractivity contribution is 6.18. The molecule has 1 nitrogen and oxygen atoms in total. The summed E-state index contributed by atoms with van der Waals surface area (Å²) in [5.41, 5.74) is 0. The minimum absolute atomic E-state index is 0.669. The summed E-state index contributed by atoms with van der Waals surface area (Å²) in [6, 6.07) is 0.669. The van der Waals surface area contributed by atoms with Crippen molar-refractivity contribution >= 4 is 11.6 Å². The zero-order chi connectivity index (χ0) is 11.1. The molecule has 1 saturated heterocycles. The van der Waals surface area contributed by atoms with Gasteiger partial charge < -0.3 is 0 Å². The molecule has 1 aliphatic heterocycles. The van der Waals surface area contributed by atoms with E-state index in [9.17, 15) is 0 Å². The largest absolute Gasteiger partial charge is 0.299 e. The molecule has 0 amide bonds. The average Bonchev–Trinajstić information content (AvgIpc) is 2.71. The maximum Gasteiger partial charge on any atom is 0.0379 e. The first-order chi connectivity index (χ1) is 7.31. The van der Waals surface area contributed by atoms with Crippen LogP contribution in [-0.2, 0) is 0 Å². The zero-order valence-corrected chi connectivity index (χ0v) is 11.1. The van der Waals surface area contributed by atoms with E-state index in [2.05, 4.69) is 18.7 Å². The van der Waals surface area contributed by atoms with Crippen LogP contribution in [0, 0.1) is 5.92 Å². The Morgan fingerprint density at radius 2 is 2.20 bits per heavy atom. The molecule has 0 aromatic heterocycles. The van der Waals surface area contributed by atoms with Crippen LogP contribution >= 0.6 is 11.6 Å². The number of hydrogen-bond acceptors (Lipinski definition) is 1. The molecular formula is C13H26ClN. The summed E-state index contributed by atoms with van der Waals surface area (Å²) in [4.78, 5) is 2.62. The molecular weight excluding hydrogens is 206 g/mol. The van der Waals surface area contributed by atoms with Gasteiger partial charge in [-0.25, -0.2) is 0 Å². The summed E-state index contributed by atoms with van der Waals surface area (Å²) in [6.45, 7) is 7.17. The molecule has 0 bridgehead atoms. The van der Waals surface area contributed by atoms with Gasteiger partial charge >= 0.3 is 0 Å². The number of hydrogen-bond donors (Lipinski definition) is 0. The summed E-state index contributed by atoms with van der Waals surface area (Å²) < 4.78 is 0. The van der Waals surface area contributed by atoms with Crippen LogP contribution in [0.5, 0.6) is 0 Å². The van der Waals surface area contributed by atoms with Gasteiger partial charge in [0.2, 0.25) is 0 Å². The monoisotopic (exact) mass is 231 g/mol. The predicted molar refractivity (Wildman–Crippen MR) is 68.6 cm³/mol. The third-order valence-electron chi connectivity index (χ3n) is 3.71. The van der Waals surface area contributed by atoms with Gasteiger partial charge in [-0.05, 0) is 31.7 Å². The van der Waals surface area contributed by atoms with Crippen molar-refractivity contribution in [2.75, 3.05) is 19.0 Å². The van der Waals surface area contributed by atoms with E-state index in [1.807, 2.05) is 0 Å². The minimum atomic E-state index is 0.669. The van der Waals surface area contributed by atoms with Crippen molar-refractivity contribution in [1.29, 1.82) is 0 Å². The maximum absolute atomic E-state index is 5.99. The third kappa shape index (κ3) is 4.32. The molecule has 2 atom stereocenters. The standard InChI is InChI=1S/C13H26ClN/c1-3-5-7-12(4-2)11-15-9-6-8-13(15)10-14/h12-13H,3-11H2,1-2H3. The molecule has 15 heavy (non-hydrogen) atoms. The van der Waals surface area contributed by atoms with Crippen LogP contribution in [0.25, 0.3) is 0 Å². The number of alkyl halides is 1. The van der Waals surface area contributed by atoms with E-state index in [-0.39, 0.29) is 0 Å². The van der Waals surface area contributed by atoms with Crippen LogP contribution in [0.2, 0.25) is 0 Å². The number of rotatable bonds is 7. The Balaban J connectivity index is 2.29. The van der Waals surface area contributed by atoms with Gasteiger partial charge in [-0.2, -0.15) is 0 Å². The van der Waals surface area contributed by atoms with Crippen LogP contribution in [0.3, 0.4) is 0 Å². The molecule has 0 aromatic rings. The quantitative estimate of drug-likeness (QED) is 0.601. The van der Waals surface area contributed by atoms with Crippen molar-refractivity contribution in [3.05, 3.63) is 0 Å². The molecule has 0 N–H and O–H groups in total. The number of likely N-dealkylation sites (tertiary alicyclic amines) is 1. The SMILES string of the molecule is CCCCC(CC)CN1CCCC1CCl. The van der Waals surface area contributed by atoms with E-state index in [4.69, 9.17) is 11.6 Å². The summed E-state index contributed by atoms with van der Waals surface area (Å²) >= 11 is 5.99. The fourth-order valence-corrected chi connectivity index (χ4v) is 2.91. The van der Waals surface area contributed by atoms with E-state index in [0.717, 1.165) is 11.8 Å². The smallest absolute Gasteiger partial charge is 0.0379 e. The topological polar surface area (TPSA) is 3.24 Å². The zero-order valence-electron chi connectivity index (χ0n) is 10.3. The molecule has 0 aromatic carbocycles. The molecule has 1 aliphatic rings. The minimum Gasteiger partial charge on any atom is -0.299 e. The lowest BCUT2D eigenvalue weighted by atomic mass is 9.98. The van der Waals surface area contributed by atoms with Crippen LogP contribution < -0.4 is 0 Å². The Morgan fingerprint density at radius 3 is 2.80 bits per heavy atom. The van der Waals surface area contributed by atoms with Gasteiger partial charge in [-0.1, -0.05) is 33.1 Å². The lowest BCUT2D eigenvalue weighted by Gasteiger charge is -2.27. The van der Waals surface area contributed by atoms with Crippen molar-refractivity contribution < 1.29 is 0 Å². The molecule has 2 unspecified atom stereocenters. The second-order valence-electron chi connectivity index (χ2n) is 4.86. The Bertz CT molecular complexity index is 161. The van der Waals surface area contributed by atoms with Crippen LogP contribution in [0.4, 0.5) is 0 Å². The second-order valence-corrected chi connectivity index (χ2v) is 5.17. The Kier molecular flexibility index (Phi) is 6.67. The molecule has 1 fully saturated rings. The van der Waals surface area contributed by atoms with Gasteiger partial charge in [-0.3, -0.25) is 4.90 Å². The summed E-state index contributed by atoms with van der Waals surface area (Å²) in [5.74, 6) is 1.72. The summed E-state index contributed by atoms with van der Waals surface area (Å²) in [5, 5.41) is 0. The Hall–Kier alpha value is 0.250. The molecule has 1 heterocycles. The van der Waals surface area contributed by atoms with Gasteiger partial charge in [0, 0.05) is 18.5 Å². The highest BCUT2D eigenvalue weighted by atomic mass is 35.5. The van der Waals surface area contributed by atoms with Crippen molar-refractivity contribution in [1.82, 2.24) is 4.90 Å². The first-order valence-corrected chi connectivity index (χ1v) is 7.15. The number of unbranched alkanes of at least 4 members (excludes halogenated alkanes) is 1. The average molecular weight is 232 g/mol. The highest BCUT2D eigenvalue weighted by Crippen LogP contribution is 2.22. The molecule has 0 saturated carbocycles. The van der Waals surface area contributed by atoms with Gasteiger partial charge in [-0.15, -0.1) is 11.6 Å². The van der Waals surface area contributed by atoms with E-state index >= 15 is 0 Å². The van der Waals surface area contributed by atoms with Crippen LogP contribution in [0.15, 0.2) is 0 Å². The van der Waals surface area contributed by atoms with E-state index in [1.54, 1.807) is 0 Å². The van der Waals surface area contributed by atoms with Crippen molar-refractivity contribution in [2.45, 2.75) is 58.4 Å². The highest BCUT2D eigenvalue weighted by Gasteiger charge is 2.25. The first-order valence-electron chi connectivity index (χ1n) is 6.61. The van der Waals surface area contributed by atoms with Gasteiger partial charge in [0.05, 0.1) is 0 Å². The van der Waals surface area contributed by atoms with Gasteiger partial charge in [0.25, 0.3) is 0 Å². The van der Waals surface area contributed by atoms with Gasteiger partial charge in [0.15, 0.2) is 0 Å². The summed E-state index contributed by atoms with van der Waals surface area (Å²) in [7, 11) is 0. The second kappa shape index (κ2) is 7.51. The fourth-order valence-electron chi connectivity index (χ4n) is 2.56. The Labute approximate surface area is 100 Å². The van der Waals surface area contributed by atoms with Crippen molar-refractivity contribution in [3.63, 3.8) is 0 Å².